The summed E-state index contributed by atoms with van der Waals surface area (Å²) in [7, 11) is -3.62. The number of hydrazine groups is 1. The van der Waals surface area contributed by atoms with Crippen LogP contribution in [0.3, 0.4) is 0 Å². The van der Waals surface area contributed by atoms with Crippen molar-refractivity contribution in [2.75, 3.05) is 6.61 Å². The van der Waals surface area contributed by atoms with Gasteiger partial charge < -0.3 is 9.84 Å². The molecule has 0 radical (unpaired) electrons. The summed E-state index contributed by atoms with van der Waals surface area (Å²) in [4.78, 5) is 1.85. The van der Waals surface area contributed by atoms with Crippen molar-refractivity contribution in [1.29, 1.82) is 0 Å². The van der Waals surface area contributed by atoms with E-state index in [1.165, 1.54) is 12.1 Å². The molecule has 0 aliphatic carbocycles. The van der Waals surface area contributed by atoms with Crippen LogP contribution in [0.4, 0.5) is 0 Å². The predicted molar refractivity (Wildman–Crippen MR) is 60.3 cm³/mol. The summed E-state index contributed by atoms with van der Waals surface area (Å²) < 4.78 is 27.8. The number of hydrogen-bond acceptors (Lipinski definition) is 5. The molecule has 1 aliphatic rings. The van der Waals surface area contributed by atoms with Crippen LogP contribution >= 0.6 is 0 Å². The van der Waals surface area contributed by atoms with E-state index in [1.54, 1.807) is 17.0 Å². The highest BCUT2D eigenvalue weighted by molar-refractivity contribution is 7.89. The Morgan fingerprint density at radius 3 is 2.47 bits per heavy atom. The van der Waals surface area contributed by atoms with Crippen molar-refractivity contribution in [2.24, 2.45) is 5.84 Å². The first kappa shape index (κ1) is 12.5. The third-order valence-electron chi connectivity index (χ3n) is 2.84. The molecule has 17 heavy (non-hydrogen) atoms. The number of benzene rings is 1. The van der Waals surface area contributed by atoms with Crippen molar-refractivity contribution in [3.8, 4) is 0 Å². The molecular formula is C10H14N2O4S. The van der Waals surface area contributed by atoms with Gasteiger partial charge in [-0.25, -0.2) is 8.42 Å². The van der Waals surface area contributed by atoms with Gasteiger partial charge in [0.25, 0.3) is 10.0 Å². The van der Waals surface area contributed by atoms with Crippen LogP contribution in [0.2, 0.25) is 0 Å². The molecule has 0 aromatic heterocycles. The number of nitrogens with one attached hydrogen (secondary N) is 1. The third kappa shape index (κ3) is 2.48. The second-order valence-corrected chi connectivity index (χ2v) is 5.56. The molecule has 0 spiro atoms. The molecular weight excluding hydrogens is 244 g/mol. The van der Waals surface area contributed by atoms with Crippen LogP contribution < -0.4 is 10.7 Å². The van der Waals surface area contributed by atoms with Gasteiger partial charge >= 0.3 is 0 Å². The molecule has 1 fully saturated rings. The minimum Gasteiger partial charge on any atom is -0.367 e. The number of aliphatic hydroxyl groups is 1. The molecule has 1 heterocycles. The van der Waals surface area contributed by atoms with E-state index in [1.807, 2.05) is 0 Å². The lowest BCUT2D eigenvalue weighted by Crippen LogP contribution is -2.30. The van der Waals surface area contributed by atoms with Crippen LogP contribution in [-0.4, -0.2) is 26.4 Å². The van der Waals surface area contributed by atoms with Crippen molar-refractivity contribution in [3.63, 3.8) is 0 Å². The predicted octanol–water partition coefficient (Wildman–Crippen LogP) is -0.339. The standard InChI is InChI=1S/C10H14N2O4S/c11-12-17(14,15)8-3-1-7(2-4-8)9-5-6-16-10(9)13/h1-4,9-10,12-13H,5-6,11H2. The van der Waals surface area contributed by atoms with E-state index in [4.69, 9.17) is 10.6 Å². The summed E-state index contributed by atoms with van der Waals surface area (Å²) in [5.74, 6) is 4.82. The molecule has 1 saturated heterocycles. The average molecular weight is 258 g/mol. The highest BCUT2D eigenvalue weighted by Crippen LogP contribution is 2.30. The zero-order valence-electron chi connectivity index (χ0n) is 9.04. The van der Waals surface area contributed by atoms with Gasteiger partial charge in [-0.05, 0) is 24.1 Å². The van der Waals surface area contributed by atoms with Crippen LogP contribution in [0, 0.1) is 0 Å². The molecule has 0 amide bonds. The number of ether oxygens (including phenoxy) is 1. The van der Waals surface area contributed by atoms with E-state index in [0.717, 1.165) is 12.0 Å². The summed E-state index contributed by atoms with van der Waals surface area (Å²) in [6, 6.07) is 6.23. The SMILES string of the molecule is NNS(=O)(=O)c1ccc(C2CCOC2O)cc1. The maximum absolute atomic E-state index is 11.4. The summed E-state index contributed by atoms with van der Waals surface area (Å²) in [6.45, 7) is 0.510. The highest BCUT2D eigenvalue weighted by atomic mass is 32.2. The molecule has 1 aliphatic heterocycles. The molecule has 0 bridgehead atoms. The molecule has 94 valence electrons. The quantitative estimate of drug-likeness (QED) is 0.508. The van der Waals surface area contributed by atoms with E-state index < -0.39 is 16.3 Å². The average Bonchev–Trinajstić information content (AvgIpc) is 2.76. The van der Waals surface area contributed by atoms with Crippen molar-refractivity contribution in [2.45, 2.75) is 23.5 Å². The van der Waals surface area contributed by atoms with Crippen LogP contribution in [-0.2, 0) is 14.8 Å². The van der Waals surface area contributed by atoms with E-state index >= 15 is 0 Å². The van der Waals surface area contributed by atoms with Gasteiger partial charge in [0.05, 0.1) is 11.5 Å². The van der Waals surface area contributed by atoms with Gasteiger partial charge in [0.2, 0.25) is 0 Å². The zero-order chi connectivity index (χ0) is 12.5. The summed E-state index contributed by atoms with van der Waals surface area (Å²) in [5.41, 5.74) is 0.853. The molecule has 2 unspecified atom stereocenters. The Hall–Kier alpha value is -0.990. The number of rotatable bonds is 3. The van der Waals surface area contributed by atoms with Crippen molar-refractivity contribution in [1.82, 2.24) is 4.83 Å². The smallest absolute Gasteiger partial charge is 0.253 e. The summed E-state index contributed by atoms with van der Waals surface area (Å²) in [6.07, 6.45) is -0.0901. The lowest BCUT2D eigenvalue weighted by Gasteiger charge is -2.13. The van der Waals surface area contributed by atoms with Gasteiger partial charge in [-0.3, -0.25) is 5.84 Å². The van der Waals surface area contributed by atoms with Gasteiger partial charge in [0.15, 0.2) is 6.29 Å². The molecule has 7 heteroatoms. The minimum absolute atomic E-state index is 0.0946. The number of aliphatic hydroxyl groups excluding tert-OH is 1. The van der Waals surface area contributed by atoms with E-state index in [9.17, 15) is 13.5 Å². The Labute approximate surface area is 99.4 Å². The van der Waals surface area contributed by atoms with Crippen LogP contribution in [0.15, 0.2) is 29.2 Å². The lowest BCUT2D eigenvalue weighted by atomic mass is 9.97. The number of hydrogen-bond donors (Lipinski definition) is 3. The Bertz CT molecular complexity index is 486. The van der Waals surface area contributed by atoms with Crippen molar-refractivity contribution < 1.29 is 18.3 Å². The number of sulfonamides is 1. The van der Waals surface area contributed by atoms with Crippen molar-refractivity contribution in [3.05, 3.63) is 29.8 Å². The van der Waals surface area contributed by atoms with Gasteiger partial charge in [-0.2, -0.15) is 4.83 Å². The molecule has 4 N–H and O–H groups in total. The van der Waals surface area contributed by atoms with Gasteiger partial charge in [0, 0.05) is 5.92 Å². The molecule has 2 atom stereocenters. The van der Waals surface area contributed by atoms with Crippen LogP contribution in [0.5, 0.6) is 0 Å². The zero-order valence-corrected chi connectivity index (χ0v) is 9.85. The largest absolute Gasteiger partial charge is 0.367 e. The molecule has 0 saturated carbocycles. The maximum Gasteiger partial charge on any atom is 0.253 e. The van der Waals surface area contributed by atoms with E-state index in [0.29, 0.717) is 6.61 Å². The Morgan fingerprint density at radius 2 is 2.00 bits per heavy atom. The van der Waals surface area contributed by atoms with Crippen LogP contribution in [0.25, 0.3) is 0 Å². The maximum atomic E-state index is 11.4. The second-order valence-electron chi connectivity index (χ2n) is 3.85. The normalized spacial score (nSPS) is 25.1. The molecule has 2 rings (SSSR count). The first-order valence-corrected chi connectivity index (χ1v) is 6.65. The van der Waals surface area contributed by atoms with Crippen LogP contribution in [0.1, 0.15) is 17.9 Å². The lowest BCUT2D eigenvalue weighted by molar-refractivity contribution is -0.0678. The fourth-order valence-electron chi connectivity index (χ4n) is 1.87. The van der Waals surface area contributed by atoms with E-state index in [-0.39, 0.29) is 10.8 Å². The first-order chi connectivity index (χ1) is 8.04. The molecule has 6 nitrogen and oxygen atoms in total. The van der Waals surface area contributed by atoms with Gasteiger partial charge in [-0.1, -0.05) is 12.1 Å². The fourth-order valence-corrected chi connectivity index (χ4v) is 2.50. The Morgan fingerprint density at radius 1 is 1.35 bits per heavy atom. The summed E-state index contributed by atoms with van der Waals surface area (Å²) >= 11 is 0. The van der Waals surface area contributed by atoms with Gasteiger partial charge in [-0.15, -0.1) is 0 Å². The fraction of sp³-hybridized carbons (Fsp3) is 0.400. The Balaban J connectivity index is 2.24. The molecule has 1 aromatic rings. The minimum atomic E-state index is -3.62. The Kier molecular flexibility index (Phi) is 3.45. The monoisotopic (exact) mass is 258 g/mol. The first-order valence-electron chi connectivity index (χ1n) is 5.16. The van der Waals surface area contributed by atoms with Gasteiger partial charge in [0.1, 0.15) is 0 Å². The van der Waals surface area contributed by atoms with Crippen molar-refractivity contribution >= 4 is 10.0 Å². The summed E-state index contributed by atoms with van der Waals surface area (Å²) in [5, 5.41) is 9.54. The van der Waals surface area contributed by atoms with E-state index in [2.05, 4.69) is 0 Å². The number of nitrogens with two attached hydrogens (primary N) is 1. The molecule has 1 aromatic carbocycles. The third-order valence-corrected chi connectivity index (χ3v) is 4.04. The second kappa shape index (κ2) is 4.71. The highest BCUT2D eigenvalue weighted by Gasteiger charge is 2.27. The topological polar surface area (TPSA) is 102 Å².